The Morgan fingerprint density at radius 1 is 1.27 bits per heavy atom. The number of piperidine rings is 1. The second-order valence-corrected chi connectivity index (χ2v) is 11.6. The number of carbonyl (C=O) groups is 2. The Labute approximate surface area is 196 Å². The fraction of sp³-hybridized carbons (Fsp3) is 0.704. The molecule has 0 unspecified atom stereocenters. The van der Waals surface area contributed by atoms with E-state index in [1.165, 1.54) is 12.8 Å². The zero-order valence-electron chi connectivity index (χ0n) is 20.6. The average molecular weight is 456 g/mol. The predicted molar refractivity (Wildman–Crippen MR) is 125 cm³/mol. The lowest BCUT2D eigenvalue weighted by Gasteiger charge is -2.59. The van der Waals surface area contributed by atoms with Gasteiger partial charge in [-0.25, -0.2) is 0 Å². The van der Waals surface area contributed by atoms with Crippen molar-refractivity contribution >= 4 is 11.8 Å². The Kier molecular flexibility index (Phi) is 5.22. The first kappa shape index (κ1) is 22.9. The van der Waals surface area contributed by atoms with Gasteiger partial charge in [0.15, 0.2) is 23.4 Å². The van der Waals surface area contributed by atoms with E-state index < -0.39 is 22.5 Å². The van der Waals surface area contributed by atoms with Gasteiger partial charge in [-0.15, -0.1) is 0 Å². The van der Waals surface area contributed by atoms with Gasteiger partial charge in [0, 0.05) is 24.6 Å². The fourth-order valence-corrected chi connectivity index (χ4v) is 6.39. The second-order valence-electron chi connectivity index (χ2n) is 11.6. The van der Waals surface area contributed by atoms with Gasteiger partial charge in [-0.1, -0.05) is 13.0 Å². The molecule has 180 valence electrons. The van der Waals surface area contributed by atoms with E-state index in [-0.39, 0.29) is 17.8 Å². The molecule has 4 atom stereocenters. The predicted octanol–water partition coefficient (Wildman–Crippen LogP) is 3.80. The number of fused-ring (bicyclic) bond motifs is 1. The number of Topliss-reactive ketones (excluding diaryl/α,β-unsaturated/α-hetero) is 1. The molecule has 5 rings (SSSR count). The lowest BCUT2D eigenvalue weighted by Crippen LogP contribution is -2.74. The maximum absolute atomic E-state index is 13.2. The minimum atomic E-state index is -1.08. The van der Waals surface area contributed by atoms with Crippen molar-refractivity contribution in [3.63, 3.8) is 0 Å². The second kappa shape index (κ2) is 7.54. The van der Waals surface area contributed by atoms with Gasteiger partial charge >= 0.3 is 5.97 Å². The number of carbonyl (C=O) groups excluding carboxylic acids is 2. The molecule has 1 saturated heterocycles. The third-order valence-electron chi connectivity index (χ3n) is 8.57. The van der Waals surface area contributed by atoms with Gasteiger partial charge in [0.05, 0.1) is 16.4 Å². The van der Waals surface area contributed by atoms with E-state index in [4.69, 9.17) is 9.47 Å². The molecule has 0 bridgehead atoms. The van der Waals surface area contributed by atoms with E-state index in [0.717, 1.165) is 36.6 Å². The number of esters is 1. The fourth-order valence-electron chi connectivity index (χ4n) is 6.39. The van der Waals surface area contributed by atoms with Crippen molar-refractivity contribution in [2.75, 3.05) is 13.1 Å². The quantitative estimate of drug-likeness (QED) is 0.550. The normalized spacial score (nSPS) is 33.7. The van der Waals surface area contributed by atoms with Crippen LogP contribution in [0.15, 0.2) is 12.1 Å². The minimum absolute atomic E-state index is 0.0360. The summed E-state index contributed by atoms with van der Waals surface area (Å²) < 4.78 is 12.2. The van der Waals surface area contributed by atoms with Crippen LogP contribution in [-0.4, -0.2) is 52.6 Å². The molecule has 33 heavy (non-hydrogen) atoms. The van der Waals surface area contributed by atoms with Crippen molar-refractivity contribution in [3.05, 3.63) is 23.3 Å². The molecular formula is C27H37NO5. The summed E-state index contributed by atoms with van der Waals surface area (Å²) in [6.45, 7) is 11.5. The zero-order chi connectivity index (χ0) is 23.8. The Balaban J connectivity index is 1.64. The summed E-state index contributed by atoms with van der Waals surface area (Å²) in [6.07, 6.45) is 3.94. The summed E-state index contributed by atoms with van der Waals surface area (Å²) in [5.41, 5.74) is -0.617. The number of hydrogen-bond acceptors (Lipinski definition) is 6. The molecule has 2 aliphatic carbocycles. The number of ketones is 1. The highest BCUT2D eigenvalue weighted by atomic mass is 16.6. The number of aryl methyl sites for hydroxylation is 1. The number of hydrogen-bond donors (Lipinski definition) is 1. The molecule has 1 N–H and O–H groups in total. The van der Waals surface area contributed by atoms with Gasteiger partial charge in [0.25, 0.3) is 0 Å². The lowest BCUT2D eigenvalue weighted by atomic mass is 9.52. The smallest absolute Gasteiger partial charge is 0.316 e. The molecule has 3 fully saturated rings. The van der Waals surface area contributed by atoms with Crippen molar-refractivity contribution in [2.24, 2.45) is 11.3 Å². The van der Waals surface area contributed by atoms with Crippen LogP contribution >= 0.6 is 0 Å². The first-order valence-electron chi connectivity index (χ1n) is 12.6. The molecular weight excluding hydrogens is 418 g/mol. The standard InChI is InChI=1S/C27H37NO5/c1-6-18-9-10-20(32-24(30)25(3,4)5)22-21(18)26-13-14-28(15-17-7-8-17)16(2)27(26,31)12-11-19(29)23(26)33-22/h9-10,16-17,23,31H,6-8,11-15H2,1-5H3/t16-,23+,26+,27-/m1/s1. The molecule has 0 aromatic heterocycles. The van der Waals surface area contributed by atoms with E-state index >= 15 is 0 Å². The van der Waals surface area contributed by atoms with Crippen LogP contribution in [0.1, 0.15) is 77.8 Å². The summed E-state index contributed by atoms with van der Waals surface area (Å²) >= 11 is 0. The van der Waals surface area contributed by atoms with Crippen LogP contribution in [0.4, 0.5) is 0 Å². The lowest BCUT2D eigenvalue weighted by molar-refractivity contribution is -0.181. The molecule has 6 heteroatoms. The molecule has 4 aliphatic rings. The number of rotatable bonds is 4. The Hall–Kier alpha value is -1.92. The molecule has 0 radical (unpaired) electrons. The summed E-state index contributed by atoms with van der Waals surface area (Å²) in [5.74, 6) is 1.25. The number of aliphatic hydroxyl groups is 1. The average Bonchev–Trinajstić information content (AvgIpc) is 3.51. The molecule has 2 aliphatic heterocycles. The van der Waals surface area contributed by atoms with Crippen molar-refractivity contribution in [1.82, 2.24) is 4.90 Å². The molecule has 2 heterocycles. The molecule has 0 amide bonds. The van der Waals surface area contributed by atoms with E-state index in [9.17, 15) is 14.7 Å². The van der Waals surface area contributed by atoms with Gasteiger partial charge in [0.2, 0.25) is 0 Å². The van der Waals surface area contributed by atoms with Gasteiger partial charge in [-0.2, -0.15) is 0 Å². The summed E-state index contributed by atoms with van der Waals surface area (Å²) in [5, 5.41) is 12.4. The first-order valence-corrected chi connectivity index (χ1v) is 12.6. The molecule has 1 aromatic carbocycles. The van der Waals surface area contributed by atoms with Crippen LogP contribution in [0.2, 0.25) is 0 Å². The van der Waals surface area contributed by atoms with Gasteiger partial charge in [0.1, 0.15) is 0 Å². The number of nitrogens with zero attached hydrogens (tertiary/aromatic N) is 1. The number of likely N-dealkylation sites (tertiary alicyclic amines) is 1. The molecule has 1 spiro atoms. The highest BCUT2D eigenvalue weighted by molar-refractivity contribution is 5.90. The SMILES string of the molecule is CCc1ccc(OC(=O)C(C)(C)C)c2c1[C@]13CCN(CC4CC4)[C@H](C)[C@]1(O)CCC(=O)[C@@H]3O2. The summed E-state index contributed by atoms with van der Waals surface area (Å²) in [7, 11) is 0. The van der Waals surface area contributed by atoms with Gasteiger partial charge in [-0.05, 0) is 83.9 Å². The van der Waals surface area contributed by atoms with Crippen molar-refractivity contribution in [3.8, 4) is 11.5 Å². The molecule has 1 aromatic rings. The zero-order valence-corrected chi connectivity index (χ0v) is 20.6. The number of benzene rings is 1. The highest BCUT2D eigenvalue weighted by Gasteiger charge is 2.70. The van der Waals surface area contributed by atoms with Gasteiger partial charge in [-0.3, -0.25) is 14.5 Å². The Morgan fingerprint density at radius 3 is 2.64 bits per heavy atom. The molecule has 6 nitrogen and oxygen atoms in total. The maximum atomic E-state index is 13.2. The van der Waals surface area contributed by atoms with Crippen LogP contribution in [0.3, 0.4) is 0 Å². The highest BCUT2D eigenvalue weighted by Crippen LogP contribution is 2.62. The van der Waals surface area contributed by atoms with Crippen LogP contribution < -0.4 is 9.47 Å². The van der Waals surface area contributed by atoms with E-state index in [1.807, 2.05) is 26.8 Å². The minimum Gasteiger partial charge on any atom is -0.477 e. The topological polar surface area (TPSA) is 76.1 Å². The van der Waals surface area contributed by atoms with Crippen molar-refractivity contribution < 1.29 is 24.2 Å². The van der Waals surface area contributed by atoms with E-state index in [1.54, 1.807) is 6.07 Å². The van der Waals surface area contributed by atoms with Gasteiger partial charge < -0.3 is 14.6 Å². The Bertz CT molecular complexity index is 993. The van der Waals surface area contributed by atoms with Crippen LogP contribution in [0.25, 0.3) is 0 Å². The third kappa shape index (κ3) is 3.28. The van der Waals surface area contributed by atoms with Crippen molar-refractivity contribution in [1.29, 1.82) is 0 Å². The number of ether oxygens (including phenoxy) is 2. The molecule has 2 saturated carbocycles. The summed E-state index contributed by atoms with van der Waals surface area (Å²) in [4.78, 5) is 28.4. The van der Waals surface area contributed by atoms with E-state index in [2.05, 4.69) is 18.7 Å². The van der Waals surface area contributed by atoms with Crippen LogP contribution in [-0.2, 0) is 21.4 Å². The van der Waals surface area contributed by atoms with Crippen LogP contribution in [0.5, 0.6) is 11.5 Å². The van der Waals surface area contributed by atoms with E-state index in [0.29, 0.717) is 30.8 Å². The Morgan fingerprint density at radius 2 is 2.00 bits per heavy atom. The third-order valence-corrected chi connectivity index (χ3v) is 8.57. The van der Waals surface area contributed by atoms with Crippen LogP contribution in [0, 0.1) is 11.3 Å². The van der Waals surface area contributed by atoms with Crippen molar-refractivity contribution in [2.45, 2.75) is 96.3 Å². The largest absolute Gasteiger partial charge is 0.477 e. The monoisotopic (exact) mass is 455 g/mol. The summed E-state index contributed by atoms with van der Waals surface area (Å²) in [6, 6.07) is 3.68. The first-order chi connectivity index (χ1) is 15.5. The maximum Gasteiger partial charge on any atom is 0.316 e.